The molecule has 10 heteroatoms. The van der Waals surface area contributed by atoms with Crippen molar-refractivity contribution >= 4 is 23.6 Å². The van der Waals surface area contributed by atoms with Gasteiger partial charge in [-0.15, -0.1) is 12.4 Å². The van der Waals surface area contributed by atoms with Crippen LogP contribution in [0.3, 0.4) is 0 Å². The van der Waals surface area contributed by atoms with Gasteiger partial charge in [0.1, 0.15) is 6.10 Å². The van der Waals surface area contributed by atoms with Crippen LogP contribution in [0.15, 0.2) is 15.9 Å². The number of aromatic amines is 1. The van der Waals surface area contributed by atoms with Gasteiger partial charge in [-0.2, -0.15) is 0 Å². The minimum absolute atomic E-state index is 0. The molecule has 2 saturated heterocycles. The summed E-state index contributed by atoms with van der Waals surface area (Å²) in [5, 5.41) is 0. The van der Waals surface area contributed by atoms with E-state index in [9.17, 15) is 9.59 Å². The molecule has 2 unspecified atom stereocenters. The van der Waals surface area contributed by atoms with Crippen molar-refractivity contribution in [2.75, 3.05) is 19.7 Å². The van der Waals surface area contributed by atoms with Crippen molar-refractivity contribution < 1.29 is 9.47 Å². The van der Waals surface area contributed by atoms with Crippen LogP contribution in [0.4, 0.5) is 0 Å². The Hall–Kier alpha value is -1.68. The van der Waals surface area contributed by atoms with Gasteiger partial charge in [0.15, 0.2) is 11.2 Å². The third-order valence-electron chi connectivity index (χ3n) is 5.13. The molecule has 2 aromatic rings. The van der Waals surface area contributed by atoms with Crippen molar-refractivity contribution in [2.24, 2.45) is 7.05 Å². The van der Waals surface area contributed by atoms with Crippen molar-refractivity contribution in [1.82, 2.24) is 24.0 Å². The highest BCUT2D eigenvalue weighted by Gasteiger charge is 2.43. The Labute approximate surface area is 156 Å². The normalized spacial score (nSPS) is 26.9. The van der Waals surface area contributed by atoms with E-state index in [-0.39, 0.29) is 18.5 Å². The molecule has 0 aromatic carbocycles. The summed E-state index contributed by atoms with van der Waals surface area (Å²) in [6, 6.07) is 0. The Morgan fingerprint density at radius 3 is 2.77 bits per heavy atom. The highest BCUT2D eigenvalue weighted by atomic mass is 35.5. The second-order valence-electron chi connectivity index (χ2n) is 6.88. The van der Waals surface area contributed by atoms with E-state index >= 15 is 0 Å². The minimum Gasteiger partial charge on any atom is -0.335 e. The van der Waals surface area contributed by atoms with Crippen LogP contribution in [0.1, 0.15) is 26.2 Å². The molecule has 2 aliphatic heterocycles. The second kappa shape index (κ2) is 7.15. The standard InChI is InChI=1S/C16H23N5O4.ClH/c1-16(21-6-4-3-5-7-21)24-9-11(25-16)8-20-10-17-13-12(20)14(22)18-15(23)19(13)2;/h10-11H,3-9H2,1-2H3,(H,18,22,23);1H. The van der Waals surface area contributed by atoms with Crippen molar-refractivity contribution in [2.45, 2.75) is 44.7 Å². The fourth-order valence-corrected chi connectivity index (χ4v) is 3.72. The zero-order valence-corrected chi connectivity index (χ0v) is 15.8. The van der Waals surface area contributed by atoms with Gasteiger partial charge in [0, 0.05) is 27.1 Å². The van der Waals surface area contributed by atoms with Crippen LogP contribution in [0.2, 0.25) is 0 Å². The van der Waals surface area contributed by atoms with Gasteiger partial charge in [-0.05, 0) is 12.8 Å². The molecule has 0 radical (unpaired) electrons. The molecule has 4 rings (SSSR count). The average Bonchev–Trinajstić information content (AvgIpc) is 3.19. The lowest BCUT2D eigenvalue weighted by atomic mass is 10.1. The lowest BCUT2D eigenvalue weighted by Crippen LogP contribution is -2.50. The van der Waals surface area contributed by atoms with Crippen LogP contribution in [0.5, 0.6) is 0 Å². The monoisotopic (exact) mass is 385 g/mol. The molecule has 9 nitrogen and oxygen atoms in total. The predicted molar refractivity (Wildman–Crippen MR) is 97.5 cm³/mol. The average molecular weight is 386 g/mol. The van der Waals surface area contributed by atoms with Gasteiger partial charge in [0.25, 0.3) is 5.56 Å². The van der Waals surface area contributed by atoms with Crippen LogP contribution >= 0.6 is 12.4 Å². The van der Waals surface area contributed by atoms with Crippen LogP contribution < -0.4 is 11.2 Å². The first-order chi connectivity index (χ1) is 12.0. The number of rotatable bonds is 3. The van der Waals surface area contributed by atoms with Crippen molar-refractivity contribution in [3.05, 3.63) is 27.2 Å². The summed E-state index contributed by atoms with van der Waals surface area (Å²) >= 11 is 0. The fraction of sp³-hybridized carbons (Fsp3) is 0.688. The maximum absolute atomic E-state index is 12.2. The summed E-state index contributed by atoms with van der Waals surface area (Å²) in [5.74, 6) is -0.708. The number of halogens is 1. The van der Waals surface area contributed by atoms with E-state index in [4.69, 9.17) is 9.47 Å². The Balaban J connectivity index is 0.00000196. The molecule has 26 heavy (non-hydrogen) atoms. The predicted octanol–water partition coefficient (Wildman–Crippen LogP) is 0.420. The van der Waals surface area contributed by atoms with Gasteiger partial charge in [-0.3, -0.25) is 19.2 Å². The molecule has 0 aliphatic carbocycles. The van der Waals surface area contributed by atoms with Crippen molar-refractivity contribution in [3.63, 3.8) is 0 Å². The number of ether oxygens (including phenoxy) is 2. The molecule has 2 atom stereocenters. The summed E-state index contributed by atoms with van der Waals surface area (Å²) in [6.07, 6.45) is 4.95. The number of hydrogen-bond acceptors (Lipinski definition) is 6. The van der Waals surface area contributed by atoms with Crippen LogP contribution in [0, 0.1) is 0 Å². The number of piperidine rings is 1. The molecule has 4 heterocycles. The first-order valence-electron chi connectivity index (χ1n) is 8.69. The van der Waals surface area contributed by atoms with Gasteiger partial charge >= 0.3 is 5.69 Å². The SMILES string of the molecule is Cl.Cn1c(=O)[nH]c(=O)c2c1ncn2CC1COC(C)(N2CCCCC2)O1. The maximum atomic E-state index is 12.2. The van der Waals surface area contributed by atoms with Crippen LogP contribution in [-0.4, -0.2) is 55.7 Å². The van der Waals surface area contributed by atoms with Crippen molar-refractivity contribution in [3.8, 4) is 0 Å². The van der Waals surface area contributed by atoms with Crippen LogP contribution in [0.25, 0.3) is 11.2 Å². The molecule has 2 aliphatic rings. The second-order valence-corrected chi connectivity index (χ2v) is 6.88. The zero-order chi connectivity index (χ0) is 17.6. The number of aromatic nitrogens is 4. The van der Waals surface area contributed by atoms with Gasteiger partial charge in [0.05, 0.1) is 19.5 Å². The number of H-pyrrole nitrogens is 1. The summed E-state index contributed by atoms with van der Waals surface area (Å²) in [5.41, 5.74) is -0.169. The van der Waals surface area contributed by atoms with Crippen LogP contribution in [-0.2, 0) is 23.1 Å². The van der Waals surface area contributed by atoms with E-state index in [1.54, 1.807) is 17.9 Å². The molecule has 2 fully saturated rings. The minimum atomic E-state index is -0.708. The van der Waals surface area contributed by atoms with E-state index < -0.39 is 17.2 Å². The Kier molecular flexibility index (Phi) is 5.25. The Morgan fingerprint density at radius 2 is 2.04 bits per heavy atom. The molecule has 0 spiro atoms. The molecular formula is C16H24ClN5O4. The Bertz CT molecular complexity index is 900. The quantitative estimate of drug-likeness (QED) is 0.822. The molecule has 2 aromatic heterocycles. The molecule has 144 valence electrons. The summed E-state index contributed by atoms with van der Waals surface area (Å²) in [7, 11) is 1.58. The number of imidazole rings is 1. The molecular weight excluding hydrogens is 362 g/mol. The van der Waals surface area contributed by atoms with Gasteiger partial charge in [0.2, 0.25) is 5.91 Å². The van der Waals surface area contributed by atoms with Gasteiger partial charge in [-0.25, -0.2) is 9.78 Å². The number of nitrogens with zero attached hydrogens (tertiary/aromatic N) is 4. The number of nitrogens with one attached hydrogen (secondary N) is 1. The molecule has 0 bridgehead atoms. The van der Waals surface area contributed by atoms with E-state index in [0.717, 1.165) is 25.9 Å². The highest BCUT2D eigenvalue weighted by Crippen LogP contribution is 2.30. The maximum Gasteiger partial charge on any atom is 0.329 e. The highest BCUT2D eigenvalue weighted by molar-refractivity contribution is 5.85. The first kappa shape index (κ1) is 19.1. The van der Waals surface area contributed by atoms with Gasteiger partial charge in [-0.1, -0.05) is 6.42 Å². The Morgan fingerprint density at radius 1 is 1.31 bits per heavy atom. The molecule has 0 amide bonds. The number of aryl methyl sites for hydroxylation is 1. The lowest BCUT2D eigenvalue weighted by Gasteiger charge is -2.38. The summed E-state index contributed by atoms with van der Waals surface area (Å²) < 4.78 is 15.2. The smallest absolute Gasteiger partial charge is 0.329 e. The molecule has 0 saturated carbocycles. The largest absolute Gasteiger partial charge is 0.335 e. The van der Waals surface area contributed by atoms with E-state index in [0.29, 0.717) is 24.3 Å². The van der Waals surface area contributed by atoms with E-state index in [1.807, 2.05) is 6.92 Å². The van der Waals surface area contributed by atoms with E-state index in [1.165, 1.54) is 11.0 Å². The van der Waals surface area contributed by atoms with Gasteiger partial charge < -0.3 is 14.0 Å². The third-order valence-corrected chi connectivity index (χ3v) is 5.13. The number of fused-ring (bicyclic) bond motifs is 1. The van der Waals surface area contributed by atoms with Crippen molar-refractivity contribution in [1.29, 1.82) is 0 Å². The third kappa shape index (κ3) is 3.20. The number of likely N-dealkylation sites (tertiary alicyclic amines) is 1. The summed E-state index contributed by atoms with van der Waals surface area (Å²) in [4.78, 5) is 32.6. The summed E-state index contributed by atoms with van der Waals surface area (Å²) in [6.45, 7) is 4.80. The zero-order valence-electron chi connectivity index (χ0n) is 14.9. The topological polar surface area (TPSA) is 94.4 Å². The fourth-order valence-electron chi connectivity index (χ4n) is 3.72. The molecule has 1 N–H and O–H groups in total. The first-order valence-corrected chi connectivity index (χ1v) is 8.69. The lowest BCUT2D eigenvalue weighted by molar-refractivity contribution is -0.257. The number of hydrogen-bond donors (Lipinski definition) is 1. The van der Waals surface area contributed by atoms with E-state index in [2.05, 4.69) is 14.9 Å².